The van der Waals surface area contributed by atoms with Gasteiger partial charge in [0.2, 0.25) is 0 Å². The van der Waals surface area contributed by atoms with Crippen LogP contribution in [0.25, 0.3) is 6.08 Å². The molecule has 1 saturated heterocycles. The van der Waals surface area contributed by atoms with E-state index in [1.165, 1.54) is 11.1 Å². The third kappa shape index (κ3) is 4.77. The van der Waals surface area contributed by atoms with E-state index < -0.39 is 17.8 Å². The summed E-state index contributed by atoms with van der Waals surface area (Å²) in [7, 11) is 0. The Kier molecular flexibility index (Phi) is 6.22. The van der Waals surface area contributed by atoms with Gasteiger partial charge in [-0.1, -0.05) is 72.6 Å². The van der Waals surface area contributed by atoms with Gasteiger partial charge in [0.25, 0.3) is 11.8 Å². The Labute approximate surface area is 193 Å². The third-order valence-corrected chi connectivity index (χ3v) is 5.74. The SMILES string of the molecule is CCc1ccc(N2C(=O)NC(=O)/C(=C\c3ccccc3Cc3cc(C)cc(C)c3)C2=O)cc1. The molecule has 1 N–H and O–H groups in total. The summed E-state index contributed by atoms with van der Waals surface area (Å²) in [5.41, 5.74) is 6.74. The molecule has 1 fully saturated rings. The molecular weight excluding hydrogens is 412 g/mol. The molecule has 4 rings (SSSR count). The number of hydrogen-bond donors (Lipinski definition) is 1. The van der Waals surface area contributed by atoms with Gasteiger partial charge in [-0.15, -0.1) is 0 Å². The molecule has 0 unspecified atom stereocenters. The zero-order valence-corrected chi connectivity index (χ0v) is 19.0. The van der Waals surface area contributed by atoms with Crippen LogP contribution in [0.2, 0.25) is 0 Å². The highest BCUT2D eigenvalue weighted by atomic mass is 16.2. The van der Waals surface area contributed by atoms with E-state index in [0.717, 1.165) is 33.6 Å². The molecule has 166 valence electrons. The first-order chi connectivity index (χ1) is 15.9. The lowest BCUT2D eigenvalue weighted by molar-refractivity contribution is -0.122. The average molecular weight is 439 g/mol. The van der Waals surface area contributed by atoms with E-state index in [9.17, 15) is 14.4 Å². The van der Waals surface area contributed by atoms with Crippen LogP contribution in [0.5, 0.6) is 0 Å². The Morgan fingerprint density at radius 3 is 2.18 bits per heavy atom. The monoisotopic (exact) mass is 438 g/mol. The summed E-state index contributed by atoms with van der Waals surface area (Å²) < 4.78 is 0. The van der Waals surface area contributed by atoms with Crippen molar-refractivity contribution in [3.05, 3.63) is 106 Å². The number of aryl methyl sites for hydroxylation is 3. The molecule has 3 aromatic rings. The fourth-order valence-electron chi connectivity index (χ4n) is 4.16. The number of benzene rings is 3. The van der Waals surface area contributed by atoms with E-state index in [-0.39, 0.29) is 5.57 Å². The van der Waals surface area contributed by atoms with Gasteiger partial charge >= 0.3 is 6.03 Å². The summed E-state index contributed by atoms with van der Waals surface area (Å²) in [6, 6.07) is 20.5. The molecule has 3 aromatic carbocycles. The Morgan fingerprint density at radius 2 is 1.52 bits per heavy atom. The van der Waals surface area contributed by atoms with Crippen LogP contribution in [-0.2, 0) is 22.4 Å². The molecule has 0 radical (unpaired) electrons. The smallest absolute Gasteiger partial charge is 0.273 e. The molecule has 0 atom stereocenters. The quantitative estimate of drug-likeness (QED) is 0.444. The summed E-state index contributed by atoms with van der Waals surface area (Å²) in [4.78, 5) is 39.3. The summed E-state index contributed by atoms with van der Waals surface area (Å²) in [6.45, 7) is 6.16. The van der Waals surface area contributed by atoms with Crippen LogP contribution >= 0.6 is 0 Å². The van der Waals surface area contributed by atoms with Crippen LogP contribution in [0.3, 0.4) is 0 Å². The van der Waals surface area contributed by atoms with E-state index in [1.54, 1.807) is 18.2 Å². The zero-order valence-electron chi connectivity index (χ0n) is 19.0. The molecule has 5 nitrogen and oxygen atoms in total. The van der Waals surface area contributed by atoms with Crippen molar-refractivity contribution < 1.29 is 14.4 Å². The van der Waals surface area contributed by atoms with Crippen LogP contribution in [0, 0.1) is 13.8 Å². The van der Waals surface area contributed by atoms with Crippen molar-refractivity contribution in [2.45, 2.75) is 33.6 Å². The van der Waals surface area contributed by atoms with Gasteiger partial charge in [-0.3, -0.25) is 14.9 Å². The maximum absolute atomic E-state index is 13.2. The van der Waals surface area contributed by atoms with Gasteiger partial charge in [-0.25, -0.2) is 9.69 Å². The summed E-state index contributed by atoms with van der Waals surface area (Å²) in [5.74, 6) is -1.32. The normalized spacial score (nSPS) is 15.2. The van der Waals surface area contributed by atoms with Gasteiger partial charge in [0.1, 0.15) is 5.57 Å². The highest BCUT2D eigenvalue weighted by Crippen LogP contribution is 2.24. The second kappa shape index (κ2) is 9.25. The number of amides is 4. The molecule has 4 amide bonds. The van der Waals surface area contributed by atoms with Gasteiger partial charge < -0.3 is 0 Å². The van der Waals surface area contributed by atoms with E-state index in [0.29, 0.717) is 12.1 Å². The lowest BCUT2D eigenvalue weighted by Crippen LogP contribution is -2.54. The number of hydrogen-bond acceptors (Lipinski definition) is 3. The lowest BCUT2D eigenvalue weighted by atomic mass is 9.95. The molecule has 0 spiro atoms. The first-order valence-electron chi connectivity index (χ1n) is 11.0. The van der Waals surface area contributed by atoms with Crippen molar-refractivity contribution in [2.75, 3.05) is 4.90 Å². The topological polar surface area (TPSA) is 66.5 Å². The maximum Gasteiger partial charge on any atom is 0.335 e. The minimum absolute atomic E-state index is 0.0676. The largest absolute Gasteiger partial charge is 0.335 e. The van der Waals surface area contributed by atoms with Crippen molar-refractivity contribution in [3.63, 3.8) is 0 Å². The number of nitrogens with zero attached hydrogens (tertiary/aromatic N) is 1. The Balaban J connectivity index is 1.69. The zero-order chi connectivity index (χ0) is 23.5. The number of anilines is 1. The Bertz CT molecular complexity index is 1250. The number of carbonyl (C=O) groups excluding carboxylic acids is 3. The minimum Gasteiger partial charge on any atom is -0.273 e. The number of rotatable bonds is 5. The Morgan fingerprint density at radius 1 is 0.848 bits per heavy atom. The summed E-state index contributed by atoms with van der Waals surface area (Å²) >= 11 is 0. The third-order valence-electron chi connectivity index (χ3n) is 5.74. The second-order valence-corrected chi connectivity index (χ2v) is 8.35. The fourth-order valence-corrected chi connectivity index (χ4v) is 4.16. The highest BCUT2D eigenvalue weighted by molar-refractivity contribution is 6.39. The number of nitrogens with one attached hydrogen (secondary N) is 1. The molecular formula is C28H26N2O3. The summed E-state index contributed by atoms with van der Waals surface area (Å²) in [6.07, 6.45) is 3.09. The summed E-state index contributed by atoms with van der Waals surface area (Å²) in [5, 5.41) is 2.30. The molecule has 0 bridgehead atoms. The Hall–Kier alpha value is -3.99. The predicted molar refractivity (Wildman–Crippen MR) is 130 cm³/mol. The van der Waals surface area contributed by atoms with E-state index >= 15 is 0 Å². The molecule has 5 heteroatoms. The number of urea groups is 1. The fraction of sp³-hybridized carbons (Fsp3) is 0.179. The molecule has 0 saturated carbocycles. The molecule has 1 heterocycles. The minimum atomic E-state index is -0.741. The first-order valence-corrected chi connectivity index (χ1v) is 11.0. The van der Waals surface area contributed by atoms with Gasteiger partial charge in [-0.2, -0.15) is 0 Å². The lowest BCUT2D eigenvalue weighted by Gasteiger charge is -2.26. The first kappa shape index (κ1) is 22.2. The molecule has 0 aliphatic carbocycles. The number of carbonyl (C=O) groups is 3. The van der Waals surface area contributed by atoms with Crippen molar-refractivity contribution in [1.29, 1.82) is 0 Å². The van der Waals surface area contributed by atoms with Crippen molar-refractivity contribution >= 4 is 29.6 Å². The van der Waals surface area contributed by atoms with Crippen molar-refractivity contribution in [1.82, 2.24) is 5.32 Å². The molecule has 0 aromatic heterocycles. The predicted octanol–water partition coefficient (Wildman–Crippen LogP) is 5.12. The van der Waals surface area contributed by atoms with Crippen LogP contribution in [0.15, 0.2) is 72.3 Å². The van der Waals surface area contributed by atoms with Crippen LogP contribution < -0.4 is 10.2 Å². The highest BCUT2D eigenvalue weighted by Gasteiger charge is 2.36. The number of barbiturate groups is 1. The number of imide groups is 2. The maximum atomic E-state index is 13.2. The van der Waals surface area contributed by atoms with Gasteiger partial charge in [0.05, 0.1) is 5.69 Å². The van der Waals surface area contributed by atoms with Crippen molar-refractivity contribution in [2.24, 2.45) is 0 Å². The molecule has 33 heavy (non-hydrogen) atoms. The van der Waals surface area contributed by atoms with E-state index in [4.69, 9.17) is 0 Å². The van der Waals surface area contributed by atoms with Crippen LogP contribution in [0.4, 0.5) is 10.5 Å². The molecule has 1 aliphatic heterocycles. The van der Waals surface area contributed by atoms with Gasteiger partial charge in [0, 0.05) is 0 Å². The van der Waals surface area contributed by atoms with Crippen LogP contribution in [0.1, 0.15) is 40.3 Å². The van der Waals surface area contributed by atoms with E-state index in [2.05, 4.69) is 37.4 Å². The van der Waals surface area contributed by atoms with E-state index in [1.807, 2.05) is 43.3 Å². The average Bonchev–Trinajstić information content (AvgIpc) is 2.77. The standard InChI is InChI=1S/C28H26N2O3/c1-4-20-9-11-24(12-10-20)30-27(32)25(26(31)29-28(30)33)17-23-8-6-5-7-22(23)16-21-14-18(2)13-19(3)15-21/h5-15,17H,4,16H2,1-3H3,(H,29,31,33)/b25-17+. The van der Waals surface area contributed by atoms with Gasteiger partial charge in [0.15, 0.2) is 0 Å². The second-order valence-electron chi connectivity index (χ2n) is 8.35. The van der Waals surface area contributed by atoms with Crippen molar-refractivity contribution in [3.8, 4) is 0 Å². The van der Waals surface area contributed by atoms with Gasteiger partial charge in [-0.05, 0) is 67.2 Å². The van der Waals surface area contributed by atoms with Crippen LogP contribution in [-0.4, -0.2) is 17.8 Å². The molecule has 1 aliphatic rings.